The number of anilines is 2. The third-order valence-corrected chi connectivity index (χ3v) is 4.05. The average Bonchev–Trinajstić information content (AvgIpc) is 2.65. The second-order valence-electron chi connectivity index (χ2n) is 6.05. The highest BCUT2D eigenvalue weighted by atomic mass is 19.1. The SMILES string of the molecule is CCc1ccc(NC(=O)CN(CC)CC(=O)Nc2c(F)cccc2F)cc1. The fourth-order valence-corrected chi connectivity index (χ4v) is 2.51. The van der Waals surface area contributed by atoms with Gasteiger partial charge in [0.2, 0.25) is 11.8 Å². The molecule has 0 aliphatic rings. The minimum atomic E-state index is -0.848. The number of nitrogens with one attached hydrogen (secondary N) is 2. The first-order valence-electron chi connectivity index (χ1n) is 8.78. The van der Waals surface area contributed by atoms with E-state index in [1.54, 1.807) is 11.8 Å². The Kier molecular flexibility index (Phi) is 7.43. The number of benzene rings is 2. The number of rotatable bonds is 8. The van der Waals surface area contributed by atoms with Crippen LogP contribution in [0.25, 0.3) is 0 Å². The Labute approximate surface area is 157 Å². The van der Waals surface area contributed by atoms with Crippen LogP contribution in [0.3, 0.4) is 0 Å². The van der Waals surface area contributed by atoms with Crippen LogP contribution in [0.4, 0.5) is 20.2 Å². The van der Waals surface area contributed by atoms with Crippen LogP contribution >= 0.6 is 0 Å². The summed E-state index contributed by atoms with van der Waals surface area (Å²) in [5.74, 6) is -2.56. The zero-order valence-electron chi connectivity index (χ0n) is 15.4. The summed E-state index contributed by atoms with van der Waals surface area (Å²) < 4.78 is 27.2. The van der Waals surface area contributed by atoms with E-state index in [2.05, 4.69) is 10.6 Å². The van der Waals surface area contributed by atoms with E-state index in [0.29, 0.717) is 12.2 Å². The third-order valence-electron chi connectivity index (χ3n) is 4.05. The van der Waals surface area contributed by atoms with Crippen molar-refractivity contribution in [3.05, 3.63) is 59.7 Å². The lowest BCUT2D eigenvalue weighted by molar-refractivity contribution is -0.119. The monoisotopic (exact) mass is 375 g/mol. The number of likely N-dealkylation sites (N-methyl/N-ethyl adjacent to an activating group) is 1. The first-order valence-corrected chi connectivity index (χ1v) is 8.78. The molecule has 0 unspecified atom stereocenters. The number of nitrogens with zero attached hydrogens (tertiary/aromatic N) is 1. The van der Waals surface area contributed by atoms with Gasteiger partial charge in [0.05, 0.1) is 13.1 Å². The largest absolute Gasteiger partial charge is 0.325 e. The predicted octanol–water partition coefficient (Wildman–Crippen LogP) is 3.43. The predicted molar refractivity (Wildman–Crippen MR) is 102 cm³/mol. The summed E-state index contributed by atoms with van der Waals surface area (Å²) in [7, 11) is 0. The minimum absolute atomic E-state index is 0.0147. The van der Waals surface area contributed by atoms with Crippen molar-refractivity contribution < 1.29 is 18.4 Å². The van der Waals surface area contributed by atoms with Crippen molar-refractivity contribution in [2.45, 2.75) is 20.3 Å². The molecule has 0 heterocycles. The van der Waals surface area contributed by atoms with Gasteiger partial charge >= 0.3 is 0 Å². The van der Waals surface area contributed by atoms with E-state index in [1.807, 2.05) is 31.2 Å². The normalized spacial score (nSPS) is 10.7. The molecule has 0 fully saturated rings. The molecule has 144 valence electrons. The Hall–Kier alpha value is -2.80. The van der Waals surface area contributed by atoms with Crippen LogP contribution in [0, 0.1) is 11.6 Å². The maximum Gasteiger partial charge on any atom is 0.238 e. The maximum absolute atomic E-state index is 13.6. The lowest BCUT2D eigenvalue weighted by Crippen LogP contribution is -2.38. The molecule has 27 heavy (non-hydrogen) atoms. The van der Waals surface area contributed by atoms with Crippen molar-refractivity contribution in [2.75, 3.05) is 30.3 Å². The van der Waals surface area contributed by atoms with Crippen LogP contribution in [0.15, 0.2) is 42.5 Å². The van der Waals surface area contributed by atoms with Gasteiger partial charge in [0.1, 0.15) is 17.3 Å². The van der Waals surface area contributed by atoms with Gasteiger partial charge in [-0.1, -0.05) is 32.0 Å². The van der Waals surface area contributed by atoms with Gasteiger partial charge in [0.25, 0.3) is 0 Å². The number of aryl methyl sites for hydroxylation is 1. The highest BCUT2D eigenvalue weighted by Crippen LogP contribution is 2.17. The van der Waals surface area contributed by atoms with E-state index >= 15 is 0 Å². The van der Waals surface area contributed by atoms with Gasteiger partial charge in [-0.3, -0.25) is 14.5 Å². The van der Waals surface area contributed by atoms with Crippen molar-refractivity contribution in [2.24, 2.45) is 0 Å². The molecule has 2 amide bonds. The van der Waals surface area contributed by atoms with E-state index < -0.39 is 23.2 Å². The van der Waals surface area contributed by atoms with Gasteiger partial charge in [-0.2, -0.15) is 0 Å². The number of amides is 2. The molecule has 0 saturated heterocycles. The van der Waals surface area contributed by atoms with Gasteiger partial charge in [-0.15, -0.1) is 0 Å². The fourth-order valence-electron chi connectivity index (χ4n) is 2.51. The molecular formula is C20H23F2N3O2. The highest BCUT2D eigenvalue weighted by molar-refractivity contribution is 5.94. The van der Waals surface area contributed by atoms with E-state index in [9.17, 15) is 18.4 Å². The second kappa shape index (κ2) is 9.78. The summed E-state index contributed by atoms with van der Waals surface area (Å²) in [5.41, 5.74) is 1.35. The molecule has 7 heteroatoms. The number of carbonyl (C=O) groups is 2. The molecular weight excluding hydrogens is 352 g/mol. The lowest BCUT2D eigenvalue weighted by Gasteiger charge is -2.19. The maximum atomic E-state index is 13.6. The smallest absolute Gasteiger partial charge is 0.238 e. The minimum Gasteiger partial charge on any atom is -0.325 e. The summed E-state index contributed by atoms with van der Waals surface area (Å²) in [6.45, 7) is 4.09. The van der Waals surface area contributed by atoms with Crippen molar-refractivity contribution in [3.8, 4) is 0 Å². The summed E-state index contributed by atoms with van der Waals surface area (Å²) in [6.07, 6.45) is 0.912. The molecule has 0 spiro atoms. The van der Waals surface area contributed by atoms with Crippen LogP contribution in [-0.2, 0) is 16.0 Å². The molecule has 0 radical (unpaired) electrons. The zero-order valence-corrected chi connectivity index (χ0v) is 15.4. The van der Waals surface area contributed by atoms with Gasteiger partial charge in [-0.25, -0.2) is 8.78 Å². The topological polar surface area (TPSA) is 61.4 Å². The molecule has 0 aromatic heterocycles. The van der Waals surface area contributed by atoms with Gasteiger partial charge in [0, 0.05) is 5.69 Å². The zero-order chi connectivity index (χ0) is 19.8. The number of para-hydroxylation sites is 1. The molecule has 2 aromatic carbocycles. The van der Waals surface area contributed by atoms with Gasteiger partial charge in [-0.05, 0) is 42.8 Å². The number of carbonyl (C=O) groups excluding carboxylic acids is 2. The Bertz CT molecular complexity index is 774. The molecule has 0 atom stereocenters. The second-order valence-corrected chi connectivity index (χ2v) is 6.05. The van der Waals surface area contributed by atoms with E-state index in [-0.39, 0.29) is 19.0 Å². The van der Waals surface area contributed by atoms with Gasteiger partial charge < -0.3 is 10.6 Å². The van der Waals surface area contributed by atoms with Gasteiger partial charge in [0.15, 0.2) is 0 Å². The molecule has 2 N–H and O–H groups in total. The van der Waals surface area contributed by atoms with Crippen molar-refractivity contribution in [1.29, 1.82) is 0 Å². The summed E-state index contributed by atoms with van der Waals surface area (Å²) in [4.78, 5) is 25.8. The molecule has 0 bridgehead atoms. The van der Waals surface area contributed by atoms with E-state index in [0.717, 1.165) is 18.6 Å². The van der Waals surface area contributed by atoms with E-state index in [1.165, 1.54) is 11.6 Å². The van der Waals surface area contributed by atoms with Crippen molar-refractivity contribution >= 4 is 23.2 Å². The van der Waals surface area contributed by atoms with E-state index in [4.69, 9.17) is 0 Å². The van der Waals surface area contributed by atoms with Crippen LogP contribution in [0.5, 0.6) is 0 Å². The number of hydrogen-bond acceptors (Lipinski definition) is 3. The Morgan fingerprint density at radius 3 is 1.96 bits per heavy atom. The number of halogens is 2. The average molecular weight is 375 g/mol. The molecule has 5 nitrogen and oxygen atoms in total. The lowest BCUT2D eigenvalue weighted by atomic mass is 10.1. The van der Waals surface area contributed by atoms with Crippen LogP contribution in [-0.4, -0.2) is 36.3 Å². The third kappa shape index (κ3) is 6.14. The van der Waals surface area contributed by atoms with Crippen LogP contribution in [0.2, 0.25) is 0 Å². The van der Waals surface area contributed by atoms with Crippen molar-refractivity contribution in [3.63, 3.8) is 0 Å². The highest BCUT2D eigenvalue weighted by Gasteiger charge is 2.16. The summed E-state index contributed by atoms with van der Waals surface area (Å²) in [6, 6.07) is 10.9. The fraction of sp³-hybridized carbons (Fsp3) is 0.300. The van der Waals surface area contributed by atoms with Crippen LogP contribution < -0.4 is 10.6 Å². The Morgan fingerprint density at radius 1 is 0.889 bits per heavy atom. The molecule has 0 saturated carbocycles. The first-order chi connectivity index (χ1) is 12.9. The molecule has 0 aliphatic carbocycles. The first kappa shape index (κ1) is 20.5. The molecule has 0 aliphatic heterocycles. The summed E-state index contributed by atoms with van der Waals surface area (Å²) >= 11 is 0. The number of hydrogen-bond donors (Lipinski definition) is 2. The van der Waals surface area contributed by atoms with Crippen LogP contribution in [0.1, 0.15) is 19.4 Å². The summed E-state index contributed by atoms with van der Waals surface area (Å²) in [5, 5.41) is 4.98. The quantitative estimate of drug-likeness (QED) is 0.743. The molecule has 2 aromatic rings. The standard InChI is InChI=1S/C20H23F2N3O2/c1-3-14-8-10-15(11-9-14)23-18(26)12-25(4-2)13-19(27)24-20-16(21)6-5-7-17(20)22/h5-11H,3-4,12-13H2,1-2H3,(H,23,26)(H,24,27). The molecule has 2 rings (SSSR count). The Morgan fingerprint density at radius 2 is 1.44 bits per heavy atom. The Balaban J connectivity index is 1.90. The van der Waals surface area contributed by atoms with Crippen molar-refractivity contribution in [1.82, 2.24) is 4.90 Å².